The molecule has 0 aliphatic heterocycles. The average Bonchev–Trinajstić information content (AvgIpc) is 2.74. The molecule has 0 heterocycles. The van der Waals surface area contributed by atoms with Crippen LogP contribution < -0.4 is 10.6 Å². The lowest BCUT2D eigenvalue weighted by atomic mass is 10.1. The van der Waals surface area contributed by atoms with Crippen LogP contribution in [0.3, 0.4) is 0 Å². The summed E-state index contributed by atoms with van der Waals surface area (Å²) in [6.45, 7) is 8.03. The number of hydrogen-bond acceptors (Lipinski definition) is 4. The summed E-state index contributed by atoms with van der Waals surface area (Å²) in [5, 5.41) is 5.26. The number of rotatable bonds is 9. The highest BCUT2D eigenvalue weighted by Crippen LogP contribution is 2.06. The third kappa shape index (κ3) is 7.37. The predicted molar refractivity (Wildman–Crippen MR) is 109 cm³/mol. The van der Waals surface area contributed by atoms with Crippen LogP contribution in [0.25, 0.3) is 12.2 Å². The van der Waals surface area contributed by atoms with E-state index in [4.69, 9.17) is 9.47 Å². The predicted octanol–water partition coefficient (Wildman–Crippen LogP) is 4.13. The Balaban J connectivity index is 1.56. The van der Waals surface area contributed by atoms with Crippen LogP contribution in [0.4, 0.5) is 9.59 Å². The van der Waals surface area contributed by atoms with Gasteiger partial charge in [0.15, 0.2) is 0 Å². The molecule has 2 rings (SSSR count). The first-order valence-corrected chi connectivity index (χ1v) is 8.84. The van der Waals surface area contributed by atoms with Gasteiger partial charge in [0.1, 0.15) is 13.2 Å². The van der Waals surface area contributed by atoms with Crippen molar-refractivity contribution in [2.45, 2.75) is 13.1 Å². The Hall–Kier alpha value is -3.54. The highest BCUT2D eigenvalue weighted by molar-refractivity contribution is 5.68. The first-order valence-electron chi connectivity index (χ1n) is 8.84. The molecule has 0 fully saturated rings. The number of nitrogens with one attached hydrogen (secondary N) is 2. The molecule has 0 bridgehead atoms. The Labute approximate surface area is 164 Å². The lowest BCUT2D eigenvalue weighted by molar-refractivity contribution is 0.0952. The molecule has 0 aliphatic carbocycles. The van der Waals surface area contributed by atoms with Crippen molar-refractivity contribution in [1.82, 2.24) is 10.6 Å². The lowest BCUT2D eigenvalue weighted by Crippen LogP contribution is -2.28. The number of hydrogen-bond donors (Lipinski definition) is 2. The zero-order valence-electron chi connectivity index (χ0n) is 15.6. The minimum absolute atomic E-state index is 0.0251. The number of carbonyl (C=O) groups excluding carboxylic acids is 2. The summed E-state index contributed by atoms with van der Waals surface area (Å²) >= 11 is 0. The van der Waals surface area contributed by atoms with E-state index in [0.717, 1.165) is 22.3 Å². The smallest absolute Gasteiger partial charge is 0.407 e. The van der Waals surface area contributed by atoms with E-state index in [2.05, 4.69) is 23.8 Å². The molecule has 146 valence electrons. The van der Waals surface area contributed by atoms with Crippen molar-refractivity contribution in [2.75, 3.05) is 13.2 Å². The van der Waals surface area contributed by atoms with Crippen LogP contribution in [0, 0.1) is 0 Å². The van der Waals surface area contributed by atoms with Crippen molar-refractivity contribution < 1.29 is 19.1 Å². The molecular formula is C22H24N2O4. The van der Waals surface area contributed by atoms with Crippen molar-refractivity contribution >= 4 is 24.3 Å². The van der Waals surface area contributed by atoms with Crippen molar-refractivity contribution in [3.8, 4) is 0 Å². The monoisotopic (exact) mass is 380 g/mol. The van der Waals surface area contributed by atoms with E-state index in [0.29, 0.717) is 13.1 Å². The van der Waals surface area contributed by atoms with Gasteiger partial charge in [-0.25, -0.2) is 9.59 Å². The summed E-state index contributed by atoms with van der Waals surface area (Å²) in [6.07, 6.45) is 2.36. The van der Waals surface area contributed by atoms with Crippen LogP contribution in [-0.2, 0) is 22.6 Å². The zero-order chi connectivity index (χ0) is 20.2. The van der Waals surface area contributed by atoms with Crippen molar-refractivity contribution in [3.05, 3.63) is 83.9 Å². The van der Waals surface area contributed by atoms with Gasteiger partial charge in [0.05, 0.1) is 0 Å². The van der Waals surface area contributed by atoms with Gasteiger partial charge < -0.3 is 20.1 Å². The van der Waals surface area contributed by atoms with Crippen LogP contribution in [0.15, 0.2) is 61.7 Å². The molecule has 2 amide bonds. The molecule has 6 heteroatoms. The topological polar surface area (TPSA) is 76.7 Å². The van der Waals surface area contributed by atoms with Crippen LogP contribution in [0.2, 0.25) is 0 Å². The van der Waals surface area contributed by atoms with E-state index < -0.39 is 12.2 Å². The summed E-state index contributed by atoms with van der Waals surface area (Å²) in [7, 11) is 0. The quantitative estimate of drug-likeness (QED) is 0.642. The molecule has 0 atom stereocenters. The maximum Gasteiger partial charge on any atom is 0.407 e. The molecule has 2 N–H and O–H groups in total. The zero-order valence-corrected chi connectivity index (χ0v) is 15.6. The van der Waals surface area contributed by atoms with E-state index in [1.807, 2.05) is 48.5 Å². The number of alkyl carbamates (subject to hydrolysis) is 2. The van der Waals surface area contributed by atoms with E-state index in [1.165, 1.54) is 0 Å². The van der Waals surface area contributed by atoms with Gasteiger partial charge in [0.2, 0.25) is 0 Å². The van der Waals surface area contributed by atoms with Crippen LogP contribution in [-0.4, -0.2) is 25.4 Å². The van der Waals surface area contributed by atoms with Crippen LogP contribution in [0.5, 0.6) is 0 Å². The SMILES string of the molecule is C=Cc1ccc(CNC(=O)OCCOC(=O)NCc2ccc(C=C)cc2)cc1. The van der Waals surface area contributed by atoms with Gasteiger partial charge in [-0.2, -0.15) is 0 Å². The number of benzene rings is 2. The summed E-state index contributed by atoms with van der Waals surface area (Å²) in [5.74, 6) is 0. The molecule has 0 aliphatic rings. The second kappa shape index (κ2) is 11.2. The van der Waals surface area contributed by atoms with Crippen LogP contribution >= 0.6 is 0 Å². The van der Waals surface area contributed by atoms with Crippen molar-refractivity contribution in [3.63, 3.8) is 0 Å². The first-order chi connectivity index (χ1) is 13.6. The van der Waals surface area contributed by atoms with E-state index in [-0.39, 0.29) is 13.2 Å². The maximum absolute atomic E-state index is 11.6. The molecular weight excluding hydrogens is 356 g/mol. The Morgan fingerprint density at radius 1 is 0.714 bits per heavy atom. The fourth-order valence-corrected chi connectivity index (χ4v) is 2.26. The van der Waals surface area contributed by atoms with Crippen molar-refractivity contribution in [1.29, 1.82) is 0 Å². The van der Waals surface area contributed by atoms with E-state index in [9.17, 15) is 9.59 Å². The van der Waals surface area contributed by atoms with Gasteiger partial charge in [-0.1, -0.05) is 73.8 Å². The van der Waals surface area contributed by atoms with Gasteiger partial charge in [0.25, 0.3) is 0 Å². The largest absolute Gasteiger partial charge is 0.446 e. The third-order valence-corrected chi connectivity index (χ3v) is 3.85. The molecule has 0 saturated carbocycles. The fraction of sp³-hybridized carbons (Fsp3) is 0.182. The molecule has 0 saturated heterocycles. The molecule has 0 radical (unpaired) electrons. The van der Waals surface area contributed by atoms with Gasteiger partial charge in [-0.05, 0) is 22.3 Å². The third-order valence-electron chi connectivity index (χ3n) is 3.85. The molecule has 6 nitrogen and oxygen atoms in total. The van der Waals surface area contributed by atoms with Gasteiger partial charge in [0, 0.05) is 13.1 Å². The number of carbonyl (C=O) groups is 2. The minimum Gasteiger partial charge on any atom is -0.446 e. The summed E-state index contributed by atoms with van der Waals surface area (Å²) in [4.78, 5) is 23.3. The fourth-order valence-electron chi connectivity index (χ4n) is 2.26. The lowest BCUT2D eigenvalue weighted by Gasteiger charge is -2.09. The Kier molecular flexibility index (Phi) is 8.33. The molecule has 0 aromatic heterocycles. The maximum atomic E-state index is 11.6. The Morgan fingerprint density at radius 3 is 1.39 bits per heavy atom. The molecule has 2 aromatic carbocycles. The first kappa shape index (κ1) is 20.8. The second-order valence-corrected chi connectivity index (χ2v) is 5.87. The second-order valence-electron chi connectivity index (χ2n) is 5.87. The Bertz CT molecular complexity index is 729. The van der Waals surface area contributed by atoms with Gasteiger partial charge in [-0.3, -0.25) is 0 Å². The van der Waals surface area contributed by atoms with E-state index in [1.54, 1.807) is 12.2 Å². The number of amides is 2. The summed E-state index contributed by atoms with van der Waals surface area (Å²) in [6, 6.07) is 15.2. The summed E-state index contributed by atoms with van der Waals surface area (Å²) < 4.78 is 9.93. The van der Waals surface area contributed by atoms with Crippen LogP contribution in [0.1, 0.15) is 22.3 Å². The molecule has 0 spiro atoms. The minimum atomic E-state index is -0.570. The summed E-state index contributed by atoms with van der Waals surface area (Å²) in [5.41, 5.74) is 3.91. The molecule has 28 heavy (non-hydrogen) atoms. The standard InChI is InChI=1S/C22H24N2O4/c1-3-17-5-9-19(10-6-17)15-23-21(25)27-13-14-28-22(26)24-16-20-11-7-18(4-2)8-12-20/h3-12H,1-2,13-16H2,(H,23,25)(H,24,26). The average molecular weight is 380 g/mol. The van der Waals surface area contributed by atoms with Gasteiger partial charge >= 0.3 is 12.2 Å². The number of ether oxygens (including phenoxy) is 2. The highest BCUT2D eigenvalue weighted by atomic mass is 16.6. The van der Waals surface area contributed by atoms with E-state index >= 15 is 0 Å². The Morgan fingerprint density at radius 2 is 1.07 bits per heavy atom. The van der Waals surface area contributed by atoms with Gasteiger partial charge in [-0.15, -0.1) is 0 Å². The molecule has 0 unspecified atom stereocenters. The molecule has 2 aromatic rings. The van der Waals surface area contributed by atoms with Crippen molar-refractivity contribution in [2.24, 2.45) is 0 Å². The normalized spacial score (nSPS) is 9.86. The highest BCUT2D eigenvalue weighted by Gasteiger charge is 2.05.